The Labute approximate surface area is 169 Å². The summed E-state index contributed by atoms with van der Waals surface area (Å²) in [6.45, 7) is 5.57. The molecule has 0 spiro atoms. The van der Waals surface area contributed by atoms with Crippen LogP contribution in [0, 0.1) is 0 Å². The molecule has 29 heavy (non-hydrogen) atoms. The number of nitrogens with one attached hydrogen (secondary N) is 2. The highest BCUT2D eigenvalue weighted by molar-refractivity contribution is 5.96. The van der Waals surface area contributed by atoms with Crippen molar-refractivity contribution in [2.45, 2.75) is 38.9 Å². The van der Waals surface area contributed by atoms with E-state index in [-0.39, 0.29) is 31.6 Å². The van der Waals surface area contributed by atoms with Gasteiger partial charge in [-0.15, -0.1) is 0 Å². The van der Waals surface area contributed by atoms with Gasteiger partial charge < -0.3 is 25.2 Å². The number of nitrogens with zero attached hydrogens (tertiary/aromatic N) is 3. The van der Waals surface area contributed by atoms with Gasteiger partial charge in [-0.25, -0.2) is 9.59 Å². The van der Waals surface area contributed by atoms with E-state index < -0.39 is 30.0 Å². The van der Waals surface area contributed by atoms with Crippen molar-refractivity contribution in [2.75, 3.05) is 26.7 Å². The Morgan fingerprint density at radius 3 is 2.48 bits per heavy atom. The van der Waals surface area contributed by atoms with E-state index in [0.717, 1.165) is 0 Å². The maximum Gasteiger partial charge on any atom is 0.328 e. The van der Waals surface area contributed by atoms with Crippen LogP contribution in [0.2, 0.25) is 0 Å². The summed E-state index contributed by atoms with van der Waals surface area (Å²) < 4.78 is 4.63. The Hall–Kier alpha value is -3.17. The van der Waals surface area contributed by atoms with Crippen LogP contribution >= 0.6 is 0 Å². The Kier molecular flexibility index (Phi) is 7.52. The molecule has 0 aromatic carbocycles. The number of pyridine rings is 1. The van der Waals surface area contributed by atoms with Gasteiger partial charge in [0.05, 0.1) is 19.2 Å². The van der Waals surface area contributed by atoms with E-state index >= 15 is 0 Å². The van der Waals surface area contributed by atoms with Gasteiger partial charge >= 0.3 is 12.0 Å². The first-order valence-corrected chi connectivity index (χ1v) is 9.39. The number of hydrogen-bond donors (Lipinski definition) is 2. The largest absolute Gasteiger partial charge is 0.467 e. The summed E-state index contributed by atoms with van der Waals surface area (Å²) in [7, 11) is 1.22. The summed E-state index contributed by atoms with van der Waals surface area (Å²) in [5.74, 6) is -1.41. The highest BCUT2D eigenvalue weighted by Crippen LogP contribution is 2.14. The van der Waals surface area contributed by atoms with Gasteiger partial charge in [0.1, 0.15) is 12.1 Å². The predicted octanol–water partition coefficient (Wildman–Crippen LogP) is 0.00370. The molecule has 158 valence electrons. The van der Waals surface area contributed by atoms with Crippen LogP contribution in [0.1, 0.15) is 31.1 Å². The van der Waals surface area contributed by atoms with Crippen molar-refractivity contribution >= 4 is 23.8 Å². The van der Waals surface area contributed by atoms with Crippen molar-refractivity contribution in [1.29, 1.82) is 0 Å². The lowest BCUT2D eigenvalue weighted by Crippen LogP contribution is -2.64. The maximum atomic E-state index is 12.8. The summed E-state index contributed by atoms with van der Waals surface area (Å²) >= 11 is 0. The molecule has 1 aromatic heterocycles. The van der Waals surface area contributed by atoms with E-state index in [2.05, 4.69) is 20.4 Å². The zero-order valence-corrected chi connectivity index (χ0v) is 17.0. The van der Waals surface area contributed by atoms with Crippen LogP contribution in [0.4, 0.5) is 4.79 Å². The number of amides is 4. The lowest BCUT2D eigenvalue weighted by molar-refractivity contribution is -0.145. The van der Waals surface area contributed by atoms with Crippen molar-refractivity contribution in [3.8, 4) is 0 Å². The molecule has 2 rings (SSSR count). The van der Waals surface area contributed by atoms with Gasteiger partial charge in [0.25, 0.3) is 5.91 Å². The fourth-order valence-corrected chi connectivity index (χ4v) is 2.98. The van der Waals surface area contributed by atoms with E-state index in [1.54, 1.807) is 18.3 Å². The molecule has 1 aromatic rings. The quantitative estimate of drug-likeness (QED) is 0.666. The smallest absolute Gasteiger partial charge is 0.328 e. The molecule has 0 bridgehead atoms. The number of ether oxygens (including phenoxy) is 1. The number of hydrogen-bond acceptors (Lipinski definition) is 6. The zero-order valence-electron chi connectivity index (χ0n) is 17.0. The summed E-state index contributed by atoms with van der Waals surface area (Å²) in [4.78, 5) is 56.7. The zero-order chi connectivity index (χ0) is 21.6. The van der Waals surface area contributed by atoms with E-state index in [9.17, 15) is 19.2 Å². The van der Waals surface area contributed by atoms with E-state index in [1.807, 2.05) is 13.8 Å². The lowest BCUT2D eigenvalue weighted by atomic mass is 10.1. The minimum absolute atomic E-state index is 0.00102. The predicted molar refractivity (Wildman–Crippen MR) is 104 cm³/mol. The van der Waals surface area contributed by atoms with Gasteiger partial charge in [0.2, 0.25) is 5.91 Å². The molecule has 10 heteroatoms. The third-order valence-electron chi connectivity index (χ3n) is 4.47. The van der Waals surface area contributed by atoms with Crippen molar-refractivity contribution in [2.24, 2.45) is 0 Å². The normalized spacial score (nSPS) is 17.5. The average molecular weight is 405 g/mol. The molecule has 0 radical (unpaired) electrons. The second kappa shape index (κ2) is 9.85. The summed E-state index contributed by atoms with van der Waals surface area (Å²) in [6, 6.07) is 0.945. The summed E-state index contributed by atoms with van der Waals surface area (Å²) in [5, 5.41) is 5.31. The number of carbonyl (C=O) groups is 4. The van der Waals surface area contributed by atoms with Crippen LogP contribution in [0.15, 0.2) is 24.5 Å². The van der Waals surface area contributed by atoms with Gasteiger partial charge in [0.15, 0.2) is 0 Å². The van der Waals surface area contributed by atoms with Gasteiger partial charge in [-0.2, -0.15) is 0 Å². The Bertz CT molecular complexity index is 755. The van der Waals surface area contributed by atoms with Gasteiger partial charge in [-0.1, -0.05) is 0 Å². The summed E-state index contributed by atoms with van der Waals surface area (Å²) in [6.07, 6.45) is 3.02. The van der Waals surface area contributed by atoms with Crippen molar-refractivity contribution in [3.63, 3.8) is 0 Å². The lowest BCUT2D eigenvalue weighted by Gasteiger charge is -2.40. The first kappa shape index (κ1) is 22.1. The van der Waals surface area contributed by atoms with Crippen LogP contribution in [0.25, 0.3) is 0 Å². The van der Waals surface area contributed by atoms with Crippen LogP contribution in [0.5, 0.6) is 0 Å². The van der Waals surface area contributed by atoms with Crippen LogP contribution in [-0.4, -0.2) is 83.5 Å². The fraction of sp³-hybridized carbons (Fsp3) is 0.526. The van der Waals surface area contributed by atoms with Crippen LogP contribution in [0.3, 0.4) is 0 Å². The monoisotopic (exact) mass is 405 g/mol. The molecule has 1 aliphatic heterocycles. The summed E-state index contributed by atoms with van der Waals surface area (Å²) in [5.41, 5.74) is 0.398. The van der Waals surface area contributed by atoms with Crippen LogP contribution < -0.4 is 10.6 Å². The molecule has 10 nitrogen and oxygen atoms in total. The van der Waals surface area contributed by atoms with E-state index in [1.165, 1.54) is 30.0 Å². The van der Waals surface area contributed by atoms with Gasteiger partial charge in [0, 0.05) is 31.5 Å². The third-order valence-corrected chi connectivity index (χ3v) is 4.47. The Morgan fingerprint density at radius 2 is 1.90 bits per heavy atom. The molecule has 2 heterocycles. The number of piperazine rings is 1. The van der Waals surface area contributed by atoms with Crippen molar-refractivity contribution in [1.82, 2.24) is 25.4 Å². The molecule has 4 amide bonds. The second-order valence-corrected chi connectivity index (χ2v) is 7.06. The standard InChI is InChI=1S/C19H27N5O5/c1-12(2)21-19(28)24-9-8-23(17(26)14-6-5-7-20-10-14)11-15(24)16(25)22-13(3)18(27)29-4/h5-7,10,12-13,15H,8-9,11H2,1-4H3,(H,21,28)(H,22,25)/t13-,15+/m1/s1. The maximum absolute atomic E-state index is 12.8. The van der Waals surface area contributed by atoms with Crippen molar-refractivity contribution in [3.05, 3.63) is 30.1 Å². The van der Waals surface area contributed by atoms with E-state index in [0.29, 0.717) is 5.56 Å². The minimum atomic E-state index is -0.949. The number of urea groups is 1. The highest BCUT2D eigenvalue weighted by atomic mass is 16.5. The molecule has 0 unspecified atom stereocenters. The number of methoxy groups -OCH3 is 1. The molecule has 1 aliphatic rings. The average Bonchev–Trinajstić information content (AvgIpc) is 2.72. The second-order valence-electron chi connectivity index (χ2n) is 7.06. The first-order chi connectivity index (χ1) is 13.7. The topological polar surface area (TPSA) is 121 Å². The molecule has 2 atom stereocenters. The van der Waals surface area contributed by atoms with Gasteiger partial charge in [-0.3, -0.25) is 14.6 Å². The minimum Gasteiger partial charge on any atom is -0.467 e. The van der Waals surface area contributed by atoms with Crippen molar-refractivity contribution < 1.29 is 23.9 Å². The molecule has 0 aliphatic carbocycles. The fourth-order valence-electron chi connectivity index (χ4n) is 2.98. The molecular weight excluding hydrogens is 378 g/mol. The number of aromatic nitrogens is 1. The van der Waals surface area contributed by atoms with Gasteiger partial charge in [-0.05, 0) is 32.9 Å². The molecule has 1 fully saturated rings. The van der Waals surface area contributed by atoms with E-state index in [4.69, 9.17) is 0 Å². The Balaban J connectivity index is 2.20. The SMILES string of the molecule is COC(=O)[C@@H](C)NC(=O)[C@@H]1CN(C(=O)c2cccnc2)CCN1C(=O)NC(C)C. The number of carbonyl (C=O) groups excluding carboxylic acids is 4. The first-order valence-electron chi connectivity index (χ1n) is 9.39. The highest BCUT2D eigenvalue weighted by Gasteiger charge is 2.38. The number of rotatable bonds is 5. The molecule has 1 saturated heterocycles. The number of esters is 1. The third kappa shape index (κ3) is 5.66. The molecule has 2 N–H and O–H groups in total. The molecular formula is C19H27N5O5. The van der Waals surface area contributed by atoms with Crippen LogP contribution in [-0.2, 0) is 14.3 Å². The Morgan fingerprint density at radius 1 is 1.17 bits per heavy atom. The molecule has 0 saturated carbocycles.